The molecule has 0 saturated heterocycles. The highest BCUT2D eigenvalue weighted by Gasteiger charge is 2.24. The van der Waals surface area contributed by atoms with Crippen LogP contribution in [0.2, 0.25) is 0 Å². The van der Waals surface area contributed by atoms with Crippen LogP contribution in [0.3, 0.4) is 0 Å². The van der Waals surface area contributed by atoms with Gasteiger partial charge in [0, 0.05) is 23.2 Å². The maximum Gasteiger partial charge on any atom is 0.225 e. The molecule has 1 aliphatic rings. The highest BCUT2D eigenvalue weighted by atomic mass is 16.3. The van der Waals surface area contributed by atoms with E-state index in [2.05, 4.69) is 21.2 Å². The van der Waals surface area contributed by atoms with E-state index >= 15 is 0 Å². The van der Waals surface area contributed by atoms with Crippen molar-refractivity contribution in [1.82, 2.24) is 14.9 Å². The summed E-state index contributed by atoms with van der Waals surface area (Å²) in [5, 5.41) is 13.9. The molecule has 2 heterocycles. The number of imidazole rings is 1. The summed E-state index contributed by atoms with van der Waals surface area (Å²) in [5.74, 6) is 3.38. The molecule has 29 heavy (non-hydrogen) atoms. The number of aromatic hydroxyl groups is 1. The molecule has 0 saturated carbocycles. The van der Waals surface area contributed by atoms with E-state index in [0.717, 1.165) is 34.6 Å². The molecule has 0 bridgehead atoms. The summed E-state index contributed by atoms with van der Waals surface area (Å²) in [5.41, 5.74) is 4.65. The molecule has 2 aromatic carbocycles. The Hall–Kier alpha value is -3.69. The Kier molecular flexibility index (Phi) is 5.23. The number of aromatic nitrogens is 2. The van der Waals surface area contributed by atoms with E-state index < -0.39 is 0 Å². The largest absolute Gasteiger partial charge is 0.493 e. The molecular formula is C23H21N5O. The van der Waals surface area contributed by atoms with Gasteiger partial charge in [-0.1, -0.05) is 36.3 Å². The van der Waals surface area contributed by atoms with E-state index in [9.17, 15) is 5.11 Å². The first kappa shape index (κ1) is 18.7. The van der Waals surface area contributed by atoms with Gasteiger partial charge < -0.3 is 10.4 Å². The molecule has 6 heteroatoms. The van der Waals surface area contributed by atoms with Crippen LogP contribution in [0, 0.1) is 12.3 Å². The van der Waals surface area contributed by atoms with Crippen LogP contribution < -0.4 is 5.32 Å². The summed E-state index contributed by atoms with van der Waals surface area (Å²) < 4.78 is 1.73. The molecule has 1 aromatic heterocycles. The molecule has 6 nitrogen and oxygen atoms in total. The van der Waals surface area contributed by atoms with Gasteiger partial charge in [0.05, 0.1) is 30.7 Å². The smallest absolute Gasteiger partial charge is 0.225 e. The lowest BCUT2D eigenvalue weighted by molar-refractivity contribution is 0.439. The van der Waals surface area contributed by atoms with Gasteiger partial charge in [-0.2, -0.15) is 0 Å². The standard InChI is InChI=1S/C23H21N5O/c1-3-16-9-10-20-18(13-16)22(17-7-5-4-6-8-17)26-15-21-27-19(23(29)28(20)21)14-25-12-11-24-2/h1,4-10,13-14,24,29H,11-12,15H2,2H3. The van der Waals surface area contributed by atoms with Crippen molar-refractivity contribution in [3.8, 4) is 23.9 Å². The Morgan fingerprint density at radius 1 is 1.28 bits per heavy atom. The van der Waals surface area contributed by atoms with Crippen LogP contribution in [0.1, 0.15) is 28.2 Å². The molecule has 0 fully saturated rings. The highest BCUT2D eigenvalue weighted by molar-refractivity contribution is 6.15. The van der Waals surface area contributed by atoms with Crippen LogP contribution in [-0.4, -0.2) is 46.7 Å². The van der Waals surface area contributed by atoms with Crippen LogP contribution in [-0.2, 0) is 6.54 Å². The lowest BCUT2D eigenvalue weighted by Crippen LogP contribution is -2.10. The molecule has 3 aromatic rings. The van der Waals surface area contributed by atoms with Crippen molar-refractivity contribution < 1.29 is 5.11 Å². The molecule has 4 rings (SSSR count). The number of benzene rings is 2. The average molecular weight is 383 g/mol. The first-order valence-corrected chi connectivity index (χ1v) is 9.39. The van der Waals surface area contributed by atoms with Crippen molar-refractivity contribution in [2.75, 3.05) is 20.1 Å². The second kappa shape index (κ2) is 8.13. The number of terminal acetylenes is 1. The zero-order valence-corrected chi connectivity index (χ0v) is 16.1. The van der Waals surface area contributed by atoms with E-state index in [1.165, 1.54) is 0 Å². The van der Waals surface area contributed by atoms with Crippen molar-refractivity contribution in [1.29, 1.82) is 0 Å². The number of hydrogen-bond acceptors (Lipinski definition) is 5. The van der Waals surface area contributed by atoms with Crippen LogP contribution in [0.5, 0.6) is 5.88 Å². The fourth-order valence-corrected chi connectivity index (χ4v) is 3.34. The van der Waals surface area contributed by atoms with Crippen LogP contribution in [0.25, 0.3) is 5.69 Å². The number of likely N-dealkylation sites (N-methyl/N-ethyl adjacent to an activating group) is 1. The third-order valence-electron chi connectivity index (χ3n) is 4.74. The number of fused-ring (bicyclic) bond motifs is 3. The van der Waals surface area contributed by atoms with E-state index in [-0.39, 0.29) is 5.88 Å². The number of hydrogen-bond donors (Lipinski definition) is 2. The molecule has 0 amide bonds. The molecule has 0 atom stereocenters. The topological polar surface area (TPSA) is 74.8 Å². The van der Waals surface area contributed by atoms with Gasteiger partial charge in [0.15, 0.2) is 0 Å². The quantitative estimate of drug-likeness (QED) is 0.404. The van der Waals surface area contributed by atoms with Crippen molar-refractivity contribution >= 4 is 11.9 Å². The van der Waals surface area contributed by atoms with Gasteiger partial charge in [0.2, 0.25) is 5.88 Å². The van der Waals surface area contributed by atoms with Gasteiger partial charge in [0.25, 0.3) is 0 Å². The Morgan fingerprint density at radius 2 is 2.10 bits per heavy atom. The summed E-state index contributed by atoms with van der Waals surface area (Å²) in [6.07, 6.45) is 7.24. The fourth-order valence-electron chi connectivity index (χ4n) is 3.34. The molecule has 2 N–H and O–H groups in total. The fraction of sp³-hybridized carbons (Fsp3) is 0.174. The van der Waals surface area contributed by atoms with Gasteiger partial charge in [-0.3, -0.25) is 14.6 Å². The Morgan fingerprint density at radius 3 is 2.86 bits per heavy atom. The van der Waals surface area contributed by atoms with Gasteiger partial charge in [-0.25, -0.2) is 4.98 Å². The van der Waals surface area contributed by atoms with Crippen LogP contribution in [0.15, 0.2) is 58.5 Å². The summed E-state index contributed by atoms with van der Waals surface area (Å²) in [6, 6.07) is 15.6. The first-order chi connectivity index (χ1) is 14.2. The van der Waals surface area contributed by atoms with Gasteiger partial charge in [0.1, 0.15) is 11.5 Å². The van der Waals surface area contributed by atoms with E-state index in [0.29, 0.717) is 24.6 Å². The number of rotatable bonds is 5. The predicted molar refractivity (Wildman–Crippen MR) is 115 cm³/mol. The highest BCUT2D eigenvalue weighted by Crippen LogP contribution is 2.31. The first-order valence-electron chi connectivity index (χ1n) is 9.39. The Balaban J connectivity index is 1.86. The monoisotopic (exact) mass is 383 g/mol. The third kappa shape index (κ3) is 3.56. The number of nitrogens with zero attached hydrogens (tertiary/aromatic N) is 4. The minimum atomic E-state index is 0.0485. The molecule has 0 aliphatic carbocycles. The van der Waals surface area contributed by atoms with Gasteiger partial charge in [-0.15, -0.1) is 6.42 Å². The lowest BCUT2D eigenvalue weighted by atomic mass is 9.98. The lowest BCUT2D eigenvalue weighted by Gasteiger charge is -2.13. The normalized spacial score (nSPS) is 12.8. The van der Waals surface area contributed by atoms with Gasteiger partial charge in [-0.05, 0) is 25.2 Å². The zero-order chi connectivity index (χ0) is 20.2. The average Bonchev–Trinajstić information content (AvgIpc) is 2.97. The minimum Gasteiger partial charge on any atom is -0.493 e. The predicted octanol–water partition coefficient (Wildman–Crippen LogP) is 2.55. The summed E-state index contributed by atoms with van der Waals surface area (Å²) in [6.45, 7) is 1.70. The van der Waals surface area contributed by atoms with E-state index in [4.69, 9.17) is 11.4 Å². The van der Waals surface area contributed by atoms with Crippen molar-refractivity contribution in [2.24, 2.45) is 9.98 Å². The maximum absolute atomic E-state index is 10.9. The Bertz CT molecular complexity index is 1140. The number of nitrogens with one attached hydrogen (secondary N) is 1. The summed E-state index contributed by atoms with van der Waals surface area (Å²) >= 11 is 0. The summed E-state index contributed by atoms with van der Waals surface area (Å²) in [4.78, 5) is 13.7. The molecule has 0 radical (unpaired) electrons. The van der Waals surface area contributed by atoms with E-state index in [1.807, 2.05) is 55.6 Å². The molecule has 1 aliphatic heterocycles. The summed E-state index contributed by atoms with van der Waals surface area (Å²) in [7, 11) is 1.87. The van der Waals surface area contributed by atoms with Gasteiger partial charge >= 0.3 is 0 Å². The molecular weight excluding hydrogens is 362 g/mol. The second-order valence-corrected chi connectivity index (χ2v) is 6.62. The van der Waals surface area contributed by atoms with Crippen molar-refractivity contribution in [3.63, 3.8) is 0 Å². The second-order valence-electron chi connectivity index (χ2n) is 6.62. The Labute approximate surface area is 169 Å². The van der Waals surface area contributed by atoms with E-state index in [1.54, 1.807) is 10.8 Å². The molecule has 144 valence electrons. The van der Waals surface area contributed by atoms with Crippen molar-refractivity contribution in [2.45, 2.75) is 6.54 Å². The molecule has 0 unspecified atom stereocenters. The third-order valence-corrected chi connectivity index (χ3v) is 4.74. The molecule has 0 spiro atoms. The van der Waals surface area contributed by atoms with Crippen LogP contribution in [0.4, 0.5) is 0 Å². The SMILES string of the molecule is C#Cc1ccc2c(c1)C(c1ccccc1)=NCc1nc(C=NCCNC)c(O)n1-2. The van der Waals surface area contributed by atoms with Crippen LogP contribution >= 0.6 is 0 Å². The van der Waals surface area contributed by atoms with Crippen molar-refractivity contribution in [3.05, 3.63) is 76.7 Å². The minimum absolute atomic E-state index is 0.0485. The maximum atomic E-state index is 10.9. The zero-order valence-electron chi connectivity index (χ0n) is 16.1. The number of aliphatic imine (C=N–C) groups is 2.